The third kappa shape index (κ3) is 40.0. The van der Waals surface area contributed by atoms with E-state index in [4.69, 9.17) is 14.2 Å². The van der Waals surface area contributed by atoms with Gasteiger partial charge in [0, 0.05) is 19.3 Å². The molecule has 0 saturated carbocycles. The summed E-state index contributed by atoms with van der Waals surface area (Å²) in [4.78, 5) is 37.6. The van der Waals surface area contributed by atoms with Gasteiger partial charge in [-0.05, 0) is 96.3 Å². The molecule has 0 aliphatic heterocycles. The fourth-order valence-corrected chi connectivity index (χ4v) is 5.59. The van der Waals surface area contributed by atoms with Crippen molar-refractivity contribution in [1.82, 2.24) is 0 Å². The summed E-state index contributed by atoms with van der Waals surface area (Å²) in [5.74, 6) is -0.969. The molecule has 0 radical (unpaired) electrons. The standard InChI is InChI=1S/C48H80O6/c1-4-7-10-13-16-19-22-23-24-25-27-29-32-35-38-41-47(50)53-44-45(43-52-46(49)40-37-34-31-28-21-18-15-12-9-6-3)54-48(51)42-39-36-33-30-26-20-17-14-11-8-5-2/h7,10,12,14-17,19,23-24,27,29,45H,4-6,8-9,11,13,18,20-22,25-26,28,30-44H2,1-3H3/b10-7-,15-12-,17-14-,19-16-,24-23-,29-27-. The van der Waals surface area contributed by atoms with E-state index >= 15 is 0 Å². The van der Waals surface area contributed by atoms with Crippen LogP contribution in [0.25, 0.3) is 0 Å². The average molecular weight is 753 g/mol. The van der Waals surface area contributed by atoms with Gasteiger partial charge in [0.25, 0.3) is 0 Å². The van der Waals surface area contributed by atoms with Crippen LogP contribution in [-0.2, 0) is 28.6 Å². The molecule has 0 aromatic heterocycles. The third-order valence-corrected chi connectivity index (χ3v) is 8.90. The largest absolute Gasteiger partial charge is 0.462 e. The Bertz CT molecular complexity index is 1050. The van der Waals surface area contributed by atoms with Gasteiger partial charge in [-0.2, -0.15) is 0 Å². The Morgan fingerprint density at radius 1 is 0.389 bits per heavy atom. The molecular weight excluding hydrogens is 673 g/mol. The van der Waals surface area contributed by atoms with Gasteiger partial charge in [0.1, 0.15) is 13.2 Å². The molecule has 0 N–H and O–H groups in total. The predicted molar refractivity (Wildman–Crippen MR) is 228 cm³/mol. The van der Waals surface area contributed by atoms with Crippen LogP contribution in [-0.4, -0.2) is 37.2 Å². The van der Waals surface area contributed by atoms with Gasteiger partial charge < -0.3 is 14.2 Å². The van der Waals surface area contributed by atoms with Gasteiger partial charge in [-0.1, -0.05) is 151 Å². The lowest BCUT2D eigenvalue weighted by molar-refractivity contribution is -0.167. The van der Waals surface area contributed by atoms with E-state index in [0.29, 0.717) is 19.3 Å². The molecule has 0 amide bonds. The summed E-state index contributed by atoms with van der Waals surface area (Å²) in [7, 11) is 0. The third-order valence-electron chi connectivity index (χ3n) is 8.90. The molecule has 54 heavy (non-hydrogen) atoms. The molecule has 6 heteroatoms. The first-order chi connectivity index (χ1) is 26.5. The van der Waals surface area contributed by atoms with Crippen LogP contribution < -0.4 is 0 Å². The zero-order chi connectivity index (χ0) is 39.4. The van der Waals surface area contributed by atoms with E-state index in [1.54, 1.807) is 0 Å². The lowest BCUT2D eigenvalue weighted by Crippen LogP contribution is -2.30. The van der Waals surface area contributed by atoms with Crippen LogP contribution in [0.2, 0.25) is 0 Å². The monoisotopic (exact) mass is 753 g/mol. The number of carbonyl (C=O) groups is 3. The maximum Gasteiger partial charge on any atom is 0.306 e. The summed E-state index contributed by atoms with van der Waals surface area (Å²) in [5.41, 5.74) is 0. The van der Waals surface area contributed by atoms with E-state index in [2.05, 4.69) is 93.7 Å². The predicted octanol–water partition coefficient (Wildman–Crippen LogP) is 13.9. The fourth-order valence-electron chi connectivity index (χ4n) is 5.59. The molecule has 0 aromatic carbocycles. The fraction of sp³-hybridized carbons (Fsp3) is 0.688. The van der Waals surface area contributed by atoms with E-state index in [9.17, 15) is 14.4 Å². The first-order valence-electron chi connectivity index (χ1n) is 21.9. The molecule has 0 saturated heterocycles. The molecule has 0 bridgehead atoms. The molecule has 0 aliphatic rings. The summed E-state index contributed by atoms with van der Waals surface area (Å²) < 4.78 is 16.6. The second kappa shape index (κ2) is 42.6. The summed E-state index contributed by atoms with van der Waals surface area (Å²) in [5, 5.41) is 0. The number of rotatable bonds is 38. The van der Waals surface area contributed by atoms with Crippen molar-refractivity contribution in [3.63, 3.8) is 0 Å². The Morgan fingerprint density at radius 3 is 1.26 bits per heavy atom. The van der Waals surface area contributed by atoms with Crippen molar-refractivity contribution < 1.29 is 28.6 Å². The van der Waals surface area contributed by atoms with Crippen molar-refractivity contribution in [3.8, 4) is 0 Å². The first kappa shape index (κ1) is 50.9. The minimum absolute atomic E-state index is 0.0977. The Kier molecular flexibility index (Phi) is 40.1. The maximum absolute atomic E-state index is 12.7. The van der Waals surface area contributed by atoms with Gasteiger partial charge in [0.05, 0.1) is 0 Å². The van der Waals surface area contributed by atoms with Gasteiger partial charge in [-0.15, -0.1) is 0 Å². The molecule has 0 fully saturated rings. The quantitative estimate of drug-likeness (QED) is 0.0270. The molecule has 1 unspecified atom stereocenters. The zero-order valence-corrected chi connectivity index (χ0v) is 35.0. The highest BCUT2D eigenvalue weighted by Crippen LogP contribution is 2.12. The van der Waals surface area contributed by atoms with E-state index in [1.807, 2.05) is 0 Å². The summed E-state index contributed by atoms with van der Waals surface area (Å²) in [6.07, 6.45) is 51.7. The smallest absolute Gasteiger partial charge is 0.306 e. The van der Waals surface area contributed by atoms with Gasteiger partial charge in [0.15, 0.2) is 6.10 Å². The lowest BCUT2D eigenvalue weighted by Gasteiger charge is -2.18. The van der Waals surface area contributed by atoms with Crippen LogP contribution in [0.3, 0.4) is 0 Å². The van der Waals surface area contributed by atoms with Crippen molar-refractivity contribution in [2.24, 2.45) is 0 Å². The van der Waals surface area contributed by atoms with E-state index in [0.717, 1.165) is 116 Å². The highest BCUT2D eigenvalue weighted by Gasteiger charge is 2.19. The number of hydrogen-bond acceptors (Lipinski definition) is 6. The topological polar surface area (TPSA) is 78.9 Å². The summed E-state index contributed by atoms with van der Waals surface area (Å²) in [6.45, 7) is 6.34. The second-order valence-electron chi connectivity index (χ2n) is 14.2. The number of hydrogen-bond donors (Lipinski definition) is 0. The summed E-state index contributed by atoms with van der Waals surface area (Å²) in [6, 6.07) is 0. The van der Waals surface area contributed by atoms with E-state index in [1.165, 1.54) is 38.5 Å². The number of esters is 3. The second-order valence-corrected chi connectivity index (χ2v) is 14.2. The van der Waals surface area contributed by atoms with Crippen molar-refractivity contribution in [1.29, 1.82) is 0 Å². The molecule has 6 nitrogen and oxygen atoms in total. The molecule has 0 spiro atoms. The van der Waals surface area contributed by atoms with Gasteiger partial charge >= 0.3 is 17.9 Å². The van der Waals surface area contributed by atoms with Crippen molar-refractivity contribution in [2.45, 2.75) is 200 Å². The minimum atomic E-state index is -0.796. The van der Waals surface area contributed by atoms with Gasteiger partial charge in [-0.3, -0.25) is 14.4 Å². The maximum atomic E-state index is 12.7. The minimum Gasteiger partial charge on any atom is -0.462 e. The average Bonchev–Trinajstić information content (AvgIpc) is 3.17. The van der Waals surface area contributed by atoms with Crippen molar-refractivity contribution in [2.75, 3.05) is 13.2 Å². The molecular formula is C48H80O6. The molecule has 0 aliphatic carbocycles. The SMILES string of the molecule is CC/C=C\C/C=C\C/C=C\C/C=C\CCCCC(=O)OCC(COC(=O)CCCCCCC/C=C\CCC)OC(=O)CCCCCCC/C=C\CCCC. The molecule has 0 aromatic rings. The molecule has 308 valence electrons. The Hall–Kier alpha value is -3.15. The highest BCUT2D eigenvalue weighted by atomic mass is 16.6. The van der Waals surface area contributed by atoms with Crippen LogP contribution in [0, 0.1) is 0 Å². The zero-order valence-electron chi connectivity index (χ0n) is 35.0. The number of unbranched alkanes of at least 4 members (excludes halogenated alkanes) is 15. The molecule has 0 rings (SSSR count). The number of carbonyl (C=O) groups excluding carboxylic acids is 3. The van der Waals surface area contributed by atoms with Gasteiger partial charge in [0.2, 0.25) is 0 Å². The van der Waals surface area contributed by atoms with Crippen molar-refractivity contribution >= 4 is 17.9 Å². The Morgan fingerprint density at radius 2 is 0.759 bits per heavy atom. The lowest BCUT2D eigenvalue weighted by atomic mass is 10.1. The number of ether oxygens (including phenoxy) is 3. The van der Waals surface area contributed by atoms with Crippen LogP contribution in [0.1, 0.15) is 194 Å². The molecule has 0 heterocycles. The van der Waals surface area contributed by atoms with Crippen LogP contribution >= 0.6 is 0 Å². The number of allylic oxidation sites excluding steroid dienone is 12. The highest BCUT2D eigenvalue weighted by molar-refractivity contribution is 5.71. The Balaban J connectivity index is 4.47. The first-order valence-corrected chi connectivity index (χ1v) is 21.9. The molecule has 1 atom stereocenters. The normalized spacial score (nSPS) is 12.7. The van der Waals surface area contributed by atoms with Crippen LogP contribution in [0.5, 0.6) is 0 Å². The van der Waals surface area contributed by atoms with Crippen molar-refractivity contribution in [3.05, 3.63) is 72.9 Å². The van der Waals surface area contributed by atoms with Crippen LogP contribution in [0.15, 0.2) is 72.9 Å². The van der Waals surface area contributed by atoms with Crippen LogP contribution in [0.4, 0.5) is 0 Å². The Labute approximate surface area is 332 Å². The summed E-state index contributed by atoms with van der Waals surface area (Å²) >= 11 is 0. The van der Waals surface area contributed by atoms with E-state index < -0.39 is 6.10 Å². The van der Waals surface area contributed by atoms with Gasteiger partial charge in [-0.25, -0.2) is 0 Å². The van der Waals surface area contributed by atoms with E-state index in [-0.39, 0.29) is 31.1 Å².